The van der Waals surface area contributed by atoms with Gasteiger partial charge in [0.1, 0.15) is 6.54 Å². The zero-order valence-corrected chi connectivity index (χ0v) is 16.7. The quantitative estimate of drug-likeness (QED) is 0.569. The summed E-state index contributed by atoms with van der Waals surface area (Å²) in [5.74, 6) is 0.128. The van der Waals surface area contributed by atoms with Crippen LogP contribution in [-0.2, 0) is 4.79 Å². The van der Waals surface area contributed by atoms with Crippen molar-refractivity contribution in [1.82, 2.24) is 5.32 Å². The number of nitrogens with one attached hydrogen (secondary N) is 1. The molecule has 1 amide bonds. The highest BCUT2D eigenvalue weighted by Crippen LogP contribution is 2.47. The van der Waals surface area contributed by atoms with Gasteiger partial charge in [0.15, 0.2) is 0 Å². The topological polar surface area (TPSA) is 32.3 Å². The zero-order valence-electron chi connectivity index (χ0n) is 15.0. The maximum atomic E-state index is 12.7. The first kappa shape index (κ1) is 17.8. The second-order valence-corrected chi connectivity index (χ2v) is 8.85. The predicted octanol–water partition coefficient (Wildman–Crippen LogP) is 5.35. The summed E-state index contributed by atoms with van der Waals surface area (Å²) in [5.41, 5.74) is 3.61. The number of hydrogen-bond donors (Lipinski definition) is 1. The fraction of sp³-hybridized carbons (Fsp3) is 0.381. The van der Waals surface area contributed by atoms with Gasteiger partial charge in [-0.1, -0.05) is 37.5 Å². The molecule has 0 aromatic heterocycles. The summed E-state index contributed by atoms with van der Waals surface area (Å²) in [6, 6.07) is 15.4. The highest BCUT2D eigenvalue weighted by molar-refractivity contribution is 8.01. The van der Waals surface area contributed by atoms with Crippen molar-refractivity contribution in [3.8, 4) is 11.1 Å². The summed E-state index contributed by atoms with van der Waals surface area (Å²) in [6.45, 7) is 0.390. The van der Waals surface area contributed by atoms with E-state index in [1.165, 1.54) is 40.2 Å². The van der Waals surface area contributed by atoms with Crippen LogP contribution >= 0.6 is 23.7 Å². The molecule has 0 saturated heterocycles. The molecular formula is C21H24N2OS2. The van der Waals surface area contributed by atoms with Gasteiger partial charge in [0.2, 0.25) is 5.91 Å². The van der Waals surface area contributed by atoms with Crippen LogP contribution in [0.2, 0.25) is 0 Å². The number of fused-ring (bicyclic) bond motifs is 3. The number of carbonyl (C=O) groups is 1. The second-order valence-electron chi connectivity index (χ2n) is 6.91. The van der Waals surface area contributed by atoms with Crippen LogP contribution in [0.4, 0.5) is 5.69 Å². The molecule has 0 unspecified atom stereocenters. The maximum absolute atomic E-state index is 12.7. The SMILES string of the molecule is CSc1ccc2c(c1)-c1ccccc1SN2CC(=O)NC1CCCCC1. The van der Waals surface area contributed by atoms with Crippen LogP contribution in [0.25, 0.3) is 11.1 Å². The fourth-order valence-corrected chi connectivity index (χ4v) is 5.31. The Kier molecular flexibility index (Phi) is 5.46. The van der Waals surface area contributed by atoms with Crippen LogP contribution in [0.5, 0.6) is 0 Å². The van der Waals surface area contributed by atoms with E-state index in [1.807, 2.05) is 0 Å². The number of nitrogens with zero attached hydrogens (tertiary/aromatic N) is 1. The molecule has 0 bridgehead atoms. The van der Waals surface area contributed by atoms with Crippen molar-refractivity contribution in [3.05, 3.63) is 42.5 Å². The summed E-state index contributed by atoms with van der Waals surface area (Å²) in [7, 11) is 0. The van der Waals surface area contributed by atoms with Crippen LogP contribution in [0.15, 0.2) is 52.3 Å². The minimum absolute atomic E-state index is 0.128. The molecule has 0 spiro atoms. The summed E-state index contributed by atoms with van der Waals surface area (Å²) < 4.78 is 2.14. The standard InChI is InChI=1S/C21H24N2OS2/c1-25-16-11-12-19-18(13-16)17-9-5-6-10-20(17)26-23(19)14-21(24)22-15-7-3-2-4-8-15/h5-6,9-13,15H,2-4,7-8,14H2,1H3,(H,22,24). The van der Waals surface area contributed by atoms with Gasteiger partial charge in [-0.3, -0.25) is 4.79 Å². The largest absolute Gasteiger partial charge is 0.352 e. The van der Waals surface area contributed by atoms with Gasteiger partial charge < -0.3 is 9.62 Å². The van der Waals surface area contributed by atoms with Crippen molar-refractivity contribution in [1.29, 1.82) is 0 Å². The third-order valence-corrected chi connectivity index (χ3v) is 6.94. The van der Waals surface area contributed by atoms with Crippen LogP contribution in [0, 0.1) is 0 Å². The molecule has 2 aromatic rings. The Balaban J connectivity index is 1.57. The summed E-state index contributed by atoms with van der Waals surface area (Å²) in [5, 5.41) is 3.25. The second kappa shape index (κ2) is 7.97. The molecule has 1 saturated carbocycles. The summed E-state index contributed by atoms with van der Waals surface area (Å²) >= 11 is 3.42. The molecule has 136 valence electrons. The molecule has 1 aliphatic heterocycles. The van der Waals surface area contributed by atoms with E-state index >= 15 is 0 Å². The Hall–Kier alpha value is -1.59. The minimum atomic E-state index is 0.128. The van der Waals surface area contributed by atoms with Crippen LogP contribution in [-0.4, -0.2) is 24.7 Å². The van der Waals surface area contributed by atoms with E-state index in [0.29, 0.717) is 12.6 Å². The minimum Gasteiger partial charge on any atom is -0.352 e. The van der Waals surface area contributed by atoms with Crippen LogP contribution < -0.4 is 9.62 Å². The molecule has 26 heavy (non-hydrogen) atoms. The van der Waals surface area contributed by atoms with Crippen LogP contribution in [0.1, 0.15) is 32.1 Å². The molecule has 2 aromatic carbocycles. The van der Waals surface area contributed by atoms with E-state index in [0.717, 1.165) is 18.5 Å². The molecule has 4 rings (SSSR count). The zero-order chi connectivity index (χ0) is 17.9. The third-order valence-electron chi connectivity index (χ3n) is 5.12. The Morgan fingerprint density at radius 1 is 1.15 bits per heavy atom. The van der Waals surface area contributed by atoms with Crippen molar-refractivity contribution in [2.24, 2.45) is 0 Å². The van der Waals surface area contributed by atoms with E-state index < -0.39 is 0 Å². The maximum Gasteiger partial charge on any atom is 0.240 e. The lowest BCUT2D eigenvalue weighted by atomic mass is 9.95. The summed E-state index contributed by atoms with van der Waals surface area (Å²) in [6.07, 6.45) is 8.11. The third kappa shape index (κ3) is 3.74. The van der Waals surface area contributed by atoms with Gasteiger partial charge in [-0.15, -0.1) is 11.8 Å². The molecule has 2 aliphatic rings. The van der Waals surface area contributed by atoms with E-state index in [9.17, 15) is 4.79 Å². The number of amides is 1. The van der Waals surface area contributed by atoms with Crippen molar-refractivity contribution in [3.63, 3.8) is 0 Å². The average molecular weight is 385 g/mol. The lowest BCUT2D eigenvalue weighted by molar-refractivity contribution is -0.120. The van der Waals surface area contributed by atoms with Crippen molar-refractivity contribution in [2.45, 2.75) is 47.9 Å². The summed E-state index contributed by atoms with van der Waals surface area (Å²) in [4.78, 5) is 15.1. The number of thioether (sulfide) groups is 1. The molecule has 1 N–H and O–H groups in total. The Labute approximate surface area is 164 Å². The van der Waals surface area contributed by atoms with E-state index in [4.69, 9.17) is 0 Å². The Bertz CT molecular complexity index is 802. The molecule has 1 fully saturated rings. The Morgan fingerprint density at radius 3 is 2.77 bits per heavy atom. The van der Waals surface area contributed by atoms with Gasteiger partial charge in [-0.2, -0.15) is 0 Å². The van der Waals surface area contributed by atoms with Gasteiger partial charge in [0.05, 0.1) is 5.69 Å². The number of anilines is 1. The number of carbonyl (C=O) groups excluding carboxylic acids is 1. The highest BCUT2D eigenvalue weighted by Gasteiger charge is 2.25. The van der Waals surface area contributed by atoms with Gasteiger partial charge in [-0.05, 0) is 60.9 Å². The highest BCUT2D eigenvalue weighted by atomic mass is 32.2. The van der Waals surface area contributed by atoms with E-state index in [1.54, 1.807) is 23.7 Å². The van der Waals surface area contributed by atoms with E-state index in [-0.39, 0.29) is 5.91 Å². The smallest absolute Gasteiger partial charge is 0.240 e. The predicted molar refractivity (Wildman–Crippen MR) is 112 cm³/mol. The first-order valence-electron chi connectivity index (χ1n) is 9.27. The van der Waals surface area contributed by atoms with Gasteiger partial charge in [0.25, 0.3) is 0 Å². The molecule has 1 heterocycles. The van der Waals surface area contributed by atoms with Crippen molar-refractivity contribution >= 4 is 35.3 Å². The monoisotopic (exact) mass is 384 g/mol. The lowest BCUT2D eigenvalue weighted by Gasteiger charge is -2.32. The number of benzene rings is 2. The van der Waals surface area contributed by atoms with Gasteiger partial charge in [-0.25, -0.2) is 0 Å². The van der Waals surface area contributed by atoms with Crippen molar-refractivity contribution < 1.29 is 4.79 Å². The van der Waals surface area contributed by atoms with Crippen molar-refractivity contribution in [2.75, 3.05) is 17.1 Å². The van der Waals surface area contributed by atoms with E-state index in [2.05, 4.69) is 58.3 Å². The molecular weight excluding hydrogens is 360 g/mol. The first-order chi connectivity index (χ1) is 12.7. The Morgan fingerprint density at radius 2 is 1.96 bits per heavy atom. The normalized spacial score (nSPS) is 16.7. The first-order valence-corrected chi connectivity index (χ1v) is 11.3. The lowest BCUT2D eigenvalue weighted by Crippen LogP contribution is -2.41. The number of hydrogen-bond acceptors (Lipinski definition) is 4. The fourth-order valence-electron chi connectivity index (χ4n) is 3.78. The van der Waals surface area contributed by atoms with Crippen LogP contribution in [0.3, 0.4) is 0 Å². The molecule has 0 radical (unpaired) electrons. The van der Waals surface area contributed by atoms with Gasteiger partial charge in [0, 0.05) is 21.4 Å². The molecule has 1 aliphatic carbocycles. The number of rotatable bonds is 4. The molecule has 5 heteroatoms. The molecule has 0 atom stereocenters. The molecule has 3 nitrogen and oxygen atoms in total. The van der Waals surface area contributed by atoms with Gasteiger partial charge >= 0.3 is 0 Å². The average Bonchev–Trinajstić information content (AvgIpc) is 2.68.